The van der Waals surface area contributed by atoms with Crippen LogP contribution in [-0.2, 0) is 6.54 Å². The van der Waals surface area contributed by atoms with Crippen molar-refractivity contribution in [3.05, 3.63) is 42.4 Å². The van der Waals surface area contributed by atoms with E-state index >= 15 is 0 Å². The van der Waals surface area contributed by atoms with E-state index < -0.39 is 0 Å². The fraction of sp³-hybridized carbons (Fsp3) is 0.375. The molecule has 2 aromatic rings. The van der Waals surface area contributed by atoms with Crippen LogP contribution in [0.2, 0.25) is 0 Å². The highest BCUT2D eigenvalue weighted by Gasteiger charge is 2.20. The molecule has 21 heavy (non-hydrogen) atoms. The Labute approximate surface area is 125 Å². The van der Waals surface area contributed by atoms with Crippen LogP contribution in [0.3, 0.4) is 0 Å². The predicted molar refractivity (Wildman–Crippen MR) is 83.0 cm³/mol. The van der Waals surface area contributed by atoms with Crippen LogP contribution in [0.25, 0.3) is 0 Å². The molecule has 0 amide bonds. The molecule has 1 aliphatic rings. The molecule has 1 aliphatic carbocycles. The number of methoxy groups -OCH3 is 1. The van der Waals surface area contributed by atoms with E-state index in [1.54, 1.807) is 7.11 Å². The number of nitrogens with one attached hydrogen (secondary N) is 1. The first-order valence-corrected chi connectivity index (χ1v) is 7.18. The van der Waals surface area contributed by atoms with Gasteiger partial charge in [-0.15, -0.1) is 0 Å². The molecule has 1 fully saturated rings. The van der Waals surface area contributed by atoms with Crippen LogP contribution in [0.4, 0.5) is 11.5 Å². The molecule has 0 bridgehead atoms. The average Bonchev–Trinajstić information content (AvgIpc) is 3.37. The van der Waals surface area contributed by atoms with Gasteiger partial charge in [0.1, 0.15) is 5.75 Å². The van der Waals surface area contributed by atoms with Crippen LogP contribution >= 0.6 is 0 Å². The van der Waals surface area contributed by atoms with Crippen molar-refractivity contribution in [3.63, 3.8) is 0 Å². The monoisotopic (exact) mass is 284 g/mol. The third kappa shape index (κ3) is 3.49. The standard InChI is InChI=1S/C16H20N4O/c1-20(14-4-3-5-15(8-14)21-2)16-11-18-13(10-19-16)9-17-12-6-7-12/h3-5,8,10-12,17H,6-7,9H2,1-2H3. The molecular weight excluding hydrogens is 264 g/mol. The lowest BCUT2D eigenvalue weighted by Gasteiger charge is -2.18. The fourth-order valence-corrected chi connectivity index (χ4v) is 2.10. The Hall–Kier alpha value is -2.14. The van der Waals surface area contributed by atoms with Crippen molar-refractivity contribution >= 4 is 11.5 Å². The molecule has 5 heteroatoms. The zero-order valence-corrected chi connectivity index (χ0v) is 12.4. The van der Waals surface area contributed by atoms with E-state index in [9.17, 15) is 0 Å². The first kappa shape index (κ1) is 13.8. The lowest BCUT2D eigenvalue weighted by molar-refractivity contribution is 0.415. The topological polar surface area (TPSA) is 50.3 Å². The summed E-state index contributed by atoms with van der Waals surface area (Å²) in [6.07, 6.45) is 6.21. The second kappa shape index (κ2) is 6.10. The normalized spacial score (nSPS) is 14.0. The molecule has 0 unspecified atom stereocenters. The number of ether oxygens (including phenoxy) is 1. The zero-order valence-electron chi connectivity index (χ0n) is 12.4. The van der Waals surface area contributed by atoms with Gasteiger partial charge >= 0.3 is 0 Å². The van der Waals surface area contributed by atoms with Gasteiger partial charge in [0, 0.05) is 31.4 Å². The van der Waals surface area contributed by atoms with Crippen LogP contribution in [-0.4, -0.2) is 30.2 Å². The Morgan fingerprint density at radius 3 is 2.81 bits per heavy atom. The third-order valence-corrected chi connectivity index (χ3v) is 3.63. The van der Waals surface area contributed by atoms with Crippen LogP contribution in [0.15, 0.2) is 36.7 Å². The largest absolute Gasteiger partial charge is 0.497 e. The van der Waals surface area contributed by atoms with Crippen molar-refractivity contribution < 1.29 is 4.74 Å². The number of hydrogen-bond donors (Lipinski definition) is 1. The first-order chi connectivity index (χ1) is 10.3. The van der Waals surface area contributed by atoms with Gasteiger partial charge in [0.05, 0.1) is 25.2 Å². The molecule has 110 valence electrons. The lowest BCUT2D eigenvalue weighted by Crippen LogP contribution is -2.17. The van der Waals surface area contributed by atoms with Crippen LogP contribution < -0.4 is 15.0 Å². The van der Waals surface area contributed by atoms with E-state index in [4.69, 9.17) is 4.74 Å². The van der Waals surface area contributed by atoms with Gasteiger partial charge in [-0.1, -0.05) is 6.07 Å². The minimum Gasteiger partial charge on any atom is -0.497 e. The maximum atomic E-state index is 5.25. The summed E-state index contributed by atoms with van der Waals surface area (Å²) in [4.78, 5) is 11.0. The summed E-state index contributed by atoms with van der Waals surface area (Å²) in [5.74, 6) is 1.65. The molecule has 5 nitrogen and oxygen atoms in total. The minimum atomic E-state index is 0.686. The minimum absolute atomic E-state index is 0.686. The van der Waals surface area contributed by atoms with Crippen LogP contribution in [0.5, 0.6) is 5.75 Å². The molecule has 0 saturated heterocycles. The Morgan fingerprint density at radius 2 is 2.14 bits per heavy atom. The average molecular weight is 284 g/mol. The number of rotatable bonds is 6. The Balaban J connectivity index is 1.69. The van der Waals surface area contributed by atoms with Crippen molar-refractivity contribution in [1.82, 2.24) is 15.3 Å². The second-order valence-electron chi connectivity index (χ2n) is 5.28. The van der Waals surface area contributed by atoms with E-state index in [0.29, 0.717) is 6.04 Å². The number of benzene rings is 1. The summed E-state index contributed by atoms with van der Waals surface area (Å²) >= 11 is 0. The van der Waals surface area contributed by atoms with Gasteiger partial charge in [-0.05, 0) is 25.0 Å². The third-order valence-electron chi connectivity index (χ3n) is 3.63. The number of aromatic nitrogens is 2. The maximum Gasteiger partial charge on any atom is 0.151 e. The van der Waals surface area contributed by atoms with Crippen molar-refractivity contribution in [3.8, 4) is 5.75 Å². The molecule has 3 rings (SSSR count). The zero-order chi connectivity index (χ0) is 14.7. The molecule has 1 saturated carbocycles. The highest BCUT2D eigenvalue weighted by molar-refractivity contribution is 5.60. The number of nitrogens with zero attached hydrogens (tertiary/aromatic N) is 3. The van der Waals surface area contributed by atoms with Crippen molar-refractivity contribution in [2.24, 2.45) is 0 Å². The SMILES string of the molecule is COc1cccc(N(C)c2cnc(CNC3CC3)cn2)c1. The van der Waals surface area contributed by atoms with Gasteiger partial charge in [-0.2, -0.15) is 0 Å². The summed E-state index contributed by atoms with van der Waals surface area (Å²) < 4.78 is 5.25. The van der Waals surface area contributed by atoms with Gasteiger partial charge < -0.3 is 15.0 Å². The van der Waals surface area contributed by atoms with Crippen molar-refractivity contribution in [1.29, 1.82) is 0 Å². The molecule has 0 spiro atoms. The number of anilines is 2. The number of hydrogen-bond acceptors (Lipinski definition) is 5. The van der Waals surface area contributed by atoms with Gasteiger partial charge in [-0.25, -0.2) is 4.98 Å². The molecule has 1 heterocycles. The molecule has 0 atom stereocenters. The van der Waals surface area contributed by atoms with Gasteiger partial charge in [0.2, 0.25) is 0 Å². The molecular formula is C16H20N4O. The van der Waals surface area contributed by atoms with Crippen LogP contribution in [0.1, 0.15) is 18.5 Å². The molecule has 1 N–H and O–H groups in total. The van der Waals surface area contributed by atoms with E-state index in [0.717, 1.165) is 29.5 Å². The van der Waals surface area contributed by atoms with Crippen molar-refractivity contribution in [2.45, 2.75) is 25.4 Å². The van der Waals surface area contributed by atoms with Gasteiger partial charge in [0.15, 0.2) is 5.82 Å². The lowest BCUT2D eigenvalue weighted by atomic mass is 10.3. The Morgan fingerprint density at radius 1 is 1.29 bits per heavy atom. The molecule has 0 radical (unpaired) electrons. The van der Waals surface area contributed by atoms with Gasteiger partial charge in [-0.3, -0.25) is 4.98 Å². The quantitative estimate of drug-likeness (QED) is 0.883. The molecule has 0 aliphatic heterocycles. The molecule has 1 aromatic carbocycles. The van der Waals surface area contributed by atoms with Crippen LogP contribution in [0, 0.1) is 0 Å². The summed E-state index contributed by atoms with van der Waals surface area (Å²) in [6, 6.07) is 8.57. The highest BCUT2D eigenvalue weighted by atomic mass is 16.5. The van der Waals surface area contributed by atoms with Crippen molar-refractivity contribution in [2.75, 3.05) is 19.1 Å². The Bertz CT molecular complexity index is 595. The van der Waals surface area contributed by atoms with E-state index in [-0.39, 0.29) is 0 Å². The second-order valence-corrected chi connectivity index (χ2v) is 5.28. The fourth-order valence-electron chi connectivity index (χ4n) is 2.10. The maximum absolute atomic E-state index is 5.25. The smallest absolute Gasteiger partial charge is 0.151 e. The first-order valence-electron chi connectivity index (χ1n) is 7.18. The molecule has 1 aromatic heterocycles. The highest BCUT2D eigenvalue weighted by Crippen LogP contribution is 2.25. The van der Waals surface area contributed by atoms with E-state index in [1.807, 2.05) is 48.6 Å². The van der Waals surface area contributed by atoms with E-state index in [2.05, 4.69) is 15.3 Å². The summed E-state index contributed by atoms with van der Waals surface area (Å²) in [5, 5.41) is 3.44. The Kier molecular flexibility index (Phi) is 4.01. The summed E-state index contributed by atoms with van der Waals surface area (Å²) in [6.45, 7) is 0.792. The van der Waals surface area contributed by atoms with Gasteiger partial charge in [0.25, 0.3) is 0 Å². The summed E-state index contributed by atoms with van der Waals surface area (Å²) in [5.41, 5.74) is 2.00. The van der Waals surface area contributed by atoms with E-state index in [1.165, 1.54) is 12.8 Å². The predicted octanol–water partition coefficient (Wildman–Crippen LogP) is 2.51. The summed E-state index contributed by atoms with van der Waals surface area (Å²) in [7, 11) is 3.64.